The van der Waals surface area contributed by atoms with E-state index in [0.717, 1.165) is 39.2 Å². The highest BCUT2D eigenvalue weighted by molar-refractivity contribution is 7.07. The molecule has 1 fully saturated rings. The van der Waals surface area contributed by atoms with Crippen LogP contribution in [0.25, 0.3) is 0 Å². The van der Waals surface area contributed by atoms with Crippen LogP contribution in [-0.4, -0.2) is 49.8 Å². The Morgan fingerprint density at radius 3 is 3.11 bits per heavy atom. The van der Waals surface area contributed by atoms with Crippen molar-refractivity contribution in [2.24, 2.45) is 0 Å². The molecule has 1 N–H and O–H groups in total. The molecule has 0 spiro atoms. The minimum atomic E-state index is 0.318. The molecule has 0 aliphatic carbocycles. The first kappa shape index (κ1) is 14.0. The van der Waals surface area contributed by atoms with Gasteiger partial charge in [0, 0.05) is 19.1 Å². The zero-order valence-electron chi connectivity index (χ0n) is 11.4. The van der Waals surface area contributed by atoms with Gasteiger partial charge in [-0.3, -0.25) is 4.90 Å². The van der Waals surface area contributed by atoms with Crippen molar-refractivity contribution in [3.8, 4) is 0 Å². The van der Waals surface area contributed by atoms with Crippen molar-refractivity contribution >= 4 is 11.3 Å². The lowest BCUT2D eigenvalue weighted by atomic mass is 10.0. The molecule has 1 aliphatic rings. The van der Waals surface area contributed by atoms with Gasteiger partial charge >= 0.3 is 0 Å². The summed E-state index contributed by atoms with van der Waals surface area (Å²) < 4.78 is 5.97. The lowest BCUT2D eigenvalue weighted by molar-refractivity contribution is -0.0445. The first-order valence-corrected chi connectivity index (χ1v) is 7.86. The largest absolute Gasteiger partial charge is 0.374 e. The van der Waals surface area contributed by atoms with Crippen LogP contribution in [0.3, 0.4) is 0 Å². The number of rotatable bonds is 6. The summed E-state index contributed by atoms with van der Waals surface area (Å²) in [7, 11) is 0. The zero-order chi connectivity index (χ0) is 12.8. The number of hydrogen-bond acceptors (Lipinski definition) is 4. The van der Waals surface area contributed by atoms with Crippen LogP contribution >= 0.6 is 11.3 Å². The Morgan fingerprint density at radius 1 is 1.56 bits per heavy atom. The molecule has 0 radical (unpaired) electrons. The van der Waals surface area contributed by atoms with E-state index in [2.05, 4.69) is 40.9 Å². The Balaban J connectivity index is 1.95. The molecule has 1 aromatic rings. The van der Waals surface area contributed by atoms with E-state index in [1.165, 1.54) is 5.56 Å². The summed E-state index contributed by atoms with van der Waals surface area (Å²) in [5.41, 5.74) is 1.42. The van der Waals surface area contributed by atoms with Gasteiger partial charge in [0.05, 0.1) is 12.7 Å². The van der Waals surface area contributed by atoms with Gasteiger partial charge in [-0.2, -0.15) is 11.3 Å². The maximum absolute atomic E-state index is 5.97. The lowest BCUT2D eigenvalue weighted by Gasteiger charge is -2.36. The van der Waals surface area contributed by atoms with E-state index in [0.29, 0.717) is 12.1 Å². The Kier molecular flexibility index (Phi) is 5.63. The van der Waals surface area contributed by atoms with Crippen molar-refractivity contribution in [1.29, 1.82) is 0 Å². The number of likely N-dealkylation sites (N-methyl/N-ethyl adjacent to an activating group) is 2. The molecule has 1 saturated heterocycles. The second-order valence-corrected chi connectivity index (χ2v) is 5.58. The maximum Gasteiger partial charge on any atom is 0.0858 e. The Labute approximate surface area is 114 Å². The normalized spacial score (nSPS) is 23.1. The van der Waals surface area contributed by atoms with Gasteiger partial charge in [0.2, 0.25) is 0 Å². The van der Waals surface area contributed by atoms with Crippen molar-refractivity contribution in [3.05, 3.63) is 22.4 Å². The Hall–Kier alpha value is -0.420. The second kappa shape index (κ2) is 7.24. The minimum absolute atomic E-state index is 0.318. The second-order valence-electron chi connectivity index (χ2n) is 4.80. The fourth-order valence-corrected chi connectivity index (χ4v) is 3.20. The summed E-state index contributed by atoms with van der Waals surface area (Å²) in [6.07, 6.45) is 1.39. The summed E-state index contributed by atoms with van der Waals surface area (Å²) in [5.74, 6) is 0. The third kappa shape index (κ3) is 3.79. The molecule has 1 aromatic heterocycles. The summed E-state index contributed by atoms with van der Waals surface area (Å²) >= 11 is 1.77. The summed E-state index contributed by atoms with van der Waals surface area (Å²) in [6.45, 7) is 9.51. The molecule has 3 nitrogen and oxygen atoms in total. The molecule has 2 heterocycles. The lowest BCUT2D eigenvalue weighted by Crippen LogP contribution is -2.52. The fourth-order valence-electron chi connectivity index (χ4n) is 2.52. The molecule has 2 atom stereocenters. The average Bonchev–Trinajstić information content (AvgIpc) is 2.91. The van der Waals surface area contributed by atoms with E-state index >= 15 is 0 Å². The molecule has 18 heavy (non-hydrogen) atoms. The molecule has 2 rings (SSSR count). The van der Waals surface area contributed by atoms with Gasteiger partial charge in [-0.25, -0.2) is 0 Å². The van der Waals surface area contributed by atoms with Crippen LogP contribution in [0, 0.1) is 0 Å². The van der Waals surface area contributed by atoms with Crippen LogP contribution < -0.4 is 5.32 Å². The van der Waals surface area contributed by atoms with Crippen molar-refractivity contribution in [2.75, 3.05) is 32.8 Å². The van der Waals surface area contributed by atoms with Crippen LogP contribution in [0.2, 0.25) is 0 Å². The quantitative estimate of drug-likeness (QED) is 0.854. The average molecular weight is 268 g/mol. The van der Waals surface area contributed by atoms with Gasteiger partial charge < -0.3 is 10.1 Å². The molecule has 0 aromatic carbocycles. The van der Waals surface area contributed by atoms with Crippen molar-refractivity contribution in [1.82, 2.24) is 10.2 Å². The zero-order valence-corrected chi connectivity index (χ0v) is 12.2. The smallest absolute Gasteiger partial charge is 0.0858 e. The predicted molar refractivity (Wildman–Crippen MR) is 77.3 cm³/mol. The number of ether oxygens (including phenoxy) is 1. The Morgan fingerprint density at radius 2 is 2.44 bits per heavy atom. The topological polar surface area (TPSA) is 24.5 Å². The van der Waals surface area contributed by atoms with Gasteiger partial charge in [-0.05, 0) is 41.9 Å². The molecule has 2 unspecified atom stereocenters. The number of nitrogens with one attached hydrogen (secondary N) is 1. The number of hydrogen-bond donors (Lipinski definition) is 1. The first-order chi connectivity index (χ1) is 8.83. The van der Waals surface area contributed by atoms with E-state index in [1.807, 2.05) is 0 Å². The minimum Gasteiger partial charge on any atom is -0.374 e. The highest BCUT2D eigenvalue weighted by Crippen LogP contribution is 2.15. The van der Waals surface area contributed by atoms with E-state index in [-0.39, 0.29) is 0 Å². The first-order valence-electron chi connectivity index (χ1n) is 6.91. The van der Waals surface area contributed by atoms with E-state index in [1.54, 1.807) is 11.3 Å². The van der Waals surface area contributed by atoms with Crippen LogP contribution in [0.4, 0.5) is 0 Å². The Bertz CT molecular complexity index is 329. The van der Waals surface area contributed by atoms with Crippen LogP contribution in [0.1, 0.15) is 19.4 Å². The van der Waals surface area contributed by atoms with Crippen LogP contribution in [-0.2, 0) is 11.2 Å². The standard InChI is InChI=1S/C14H24N2OS/c1-3-15-13(9-12-5-8-18-11-12)14-10-16(4-2)6-7-17-14/h5,8,11,13-15H,3-4,6-7,9-10H2,1-2H3. The van der Waals surface area contributed by atoms with Gasteiger partial charge in [-0.1, -0.05) is 13.8 Å². The molecule has 1 aliphatic heterocycles. The molecule has 0 saturated carbocycles. The predicted octanol–water partition coefficient (Wildman–Crippen LogP) is 1.99. The van der Waals surface area contributed by atoms with Gasteiger partial charge in [0.25, 0.3) is 0 Å². The van der Waals surface area contributed by atoms with Crippen molar-refractivity contribution < 1.29 is 4.74 Å². The van der Waals surface area contributed by atoms with Gasteiger partial charge in [-0.15, -0.1) is 0 Å². The third-order valence-electron chi connectivity index (χ3n) is 3.58. The molecular weight excluding hydrogens is 244 g/mol. The van der Waals surface area contributed by atoms with E-state index in [4.69, 9.17) is 4.74 Å². The van der Waals surface area contributed by atoms with Gasteiger partial charge in [0.15, 0.2) is 0 Å². The SMILES string of the molecule is CCNC(Cc1ccsc1)C1CN(CC)CCO1. The summed E-state index contributed by atoms with van der Waals surface area (Å²) in [4.78, 5) is 2.48. The van der Waals surface area contributed by atoms with Crippen molar-refractivity contribution in [3.63, 3.8) is 0 Å². The molecule has 0 bridgehead atoms. The molecule has 4 heteroatoms. The number of morpholine rings is 1. The molecule has 102 valence electrons. The molecule has 0 amide bonds. The maximum atomic E-state index is 5.97. The van der Waals surface area contributed by atoms with Crippen molar-refractivity contribution in [2.45, 2.75) is 32.4 Å². The summed E-state index contributed by atoms with van der Waals surface area (Å²) in [5, 5.41) is 7.98. The van der Waals surface area contributed by atoms with Crippen LogP contribution in [0.5, 0.6) is 0 Å². The summed E-state index contributed by atoms with van der Waals surface area (Å²) in [6, 6.07) is 2.65. The fraction of sp³-hybridized carbons (Fsp3) is 0.714. The van der Waals surface area contributed by atoms with Gasteiger partial charge in [0.1, 0.15) is 0 Å². The molecular formula is C14H24N2OS. The van der Waals surface area contributed by atoms with Crippen LogP contribution in [0.15, 0.2) is 16.8 Å². The highest BCUT2D eigenvalue weighted by atomic mass is 32.1. The highest BCUT2D eigenvalue weighted by Gasteiger charge is 2.27. The number of thiophene rings is 1. The third-order valence-corrected chi connectivity index (χ3v) is 4.31. The van der Waals surface area contributed by atoms with E-state index in [9.17, 15) is 0 Å². The van der Waals surface area contributed by atoms with E-state index < -0.39 is 0 Å². The monoisotopic (exact) mass is 268 g/mol. The number of nitrogens with zero attached hydrogens (tertiary/aromatic N) is 1.